The van der Waals surface area contributed by atoms with Crippen LogP contribution in [0, 0.1) is 25.6 Å². The Morgan fingerprint density at radius 2 is 1.67 bits per heavy atom. The van der Waals surface area contributed by atoms with Crippen molar-refractivity contribution in [2.75, 3.05) is 33.3 Å². The number of likely N-dealkylation sites (tertiary alicyclic amines) is 1. The molecule has 2 aliphatic heterocycles. The van der Waals surface area contributed by atoms with Crippen LogP contribution in [0.2, 0.25) is 0 Å². The van der Waals surface area contributed by atoms with Crippen molar-refractivity contribution in [3.63, 3.8) is 0 Å². The largest absolute Gasteiger partial charge is 0.466 e. The smallest absolute Gasteiger partial charge is 0.416 e. The van der Waals surface area contributed by atoms with Crippen LogP contribution in [0.3, 0.4) is 0 Å². The van der Waals surface area contributed by atoms with Crippen molar-refractivity contribution in [2.45, 2.75) is 116 Å². The molecule has 2 fully saturated rings. The lowest BCUT2D eigenvalue weighted by molar-refractivity contribution is -0.144. The number of esters is 1. The molecule has 1 amide bonds. The predicted octanol–water partition coefficient (Wildman–Crippen LogP) is 7.50. The second-order valence-corrected chi connectivity index (χ2v) is 16.2. The summed E-state index contributed by atoms with van der Waals surface area (Å²) in [7, 11) is 2.10. The zero-order valence-electron chi connectivity index (χ0n) is 32.8. The molecule has 2 bridgehead atoms. The molecule has 2 aromatic carbocycles. The molecule has 6 rings (SSSR count). The van der Waals surface area contributed by atoms with E-state index in [1.165, 1.54) is 18.3 Å². The molecule has 12 heteroatoms. The lowest BCUT2D eigenvalue weighted by atomic mass is 9.87. The maximum absolute atomic E-state index is 14.5. The predicted molar refractivity (Wildman–Crippen MR) is 204 cm³/mol. The van der Waals surface area contributed by atoms with E-state index in [9.17, 15) is 31.9 Å². The summed E-state index contributed by atoms with van der Waals surface area (Å²) >= 11 is 0. The van der Waals surface area contributed by atoms with Crippen molar-refractivity contribution in [1.82, 2.24) is 19.7 Å². The second kappa shape index (κ2) is 16.6. The number of aryl methyl sites for hydroxylation is 3. The van der Waals surface area contributed by atoms with E-state index in [1.54, 1.807) is 6.92 Å². The highest BCUT2D eigenvalue weighted by molar-refractivity contribution is 5.82. The molecule has 1 N–H and O–H groups in total. The first kappa shape index (κ1) is 40.6. The first-order chi connectivity index (χ1) is 26.0. The monoisotopic (exact) mass is 766 g/mol. The van der Waals surface area contributed by atoms with Crippen molar-refractivity contribution in [2.24, 2.45) is 5.92 Å². The molecule has 1 aliphatic carbocycles. The summed E-state index contributed by atoms with van der Waals surface area (Å²) in [6, 6.07) is 6.30. The molecule has 3 aliphatic rings. The number of hydrogen-bond donors (Lipinski definition) is 1. The van der Waals surface area contributed by atoms with Gasteiger partial charge in [-0.05, 0) is 141 Å². The van der Waals surface area contributed by atoms with Crippen LogP contribution in [0.1, 0.15) is 104 Å². The van der Waals surface area contributed by atoms with Gasteiger partial charge in [-0.1, -0.05) is 19.9 Å². The molecule has 3 unspecified atom stereocenters. The van der Waals surface area contributed by atoms with E-state index in [0.29, 0.717) is 30.3 Å². The number of amides is 1. The second-order valence-electron chi connectivity index (χ2n) is 16.2. The van der Waals surface area contributed by atoms with Gasteiger partial charge in [-0.2, -0.15) is 13.2 Å². The fourth-order valence-electron chi connectivity index (χ4n) is 9.15. The number of alkyl halides is 3. The average molecular weight is 767 g/mol. The number of likely N-dealkylation sites (N-methyl/N-ethyl adjacent to an activating group) is 1. The standard InChI is InChI=1S/C43H54F4N4O4/c1-7-55-40(53)21-37(30-18-28-9-8-10-34(28)35(19-30)41-26(4)16-31(44)17-27(41)5)48-42(54)38(15-25(2)3)51-22-29(36(20-39(51)52)43(45,46)47)13-14-50-23-32-11-12-33(24-50)49(32)6/h16-20,22,25,32-33,37-38H,7-15,21,23-24H2,1-6H3,(H,48,54)/t32-,33?,37?,38?/m0/s1. The van der Waals surface area contributed by atoms with Crippen molar-refractivity contribution in [3.8, 4) is 11.1 Å². The van der Waals surface area contributed by atoms with E-state index in [-0.39, 0.29) is 43.2 Å². The van der Waals surface area contributed by atoms with Crippen molar-refractivity contribution in [1.29, 1.82) is 0 Å². The van der Waals surface area contributed by atoms with Crippen LogP contribution in [0.15, 0.2) is 41.3 Å². The number of aromatic nitrogens is 1. The third kappa shape index (κ3) is 9.01. The number of ether oxygens (including phenoxy) is 1. The van der Waals surface area contributed by atoms with Gasteiger partial charge >= 0.3 is 12.1 Å². The molecule has 2 saturated heterocycles. The van der Waals surface area contributed by atoms with Crippen LogP contribution >= 0.6 is 0 Å². The van der Waals surface area contributed by atoms with Crippen LogP contribution in [-0.2, 0) is 39.8 Å². The number of piperazine rings is 1. The lowest BCUT2D eigenvalue weighted by Crippen LogP contribution is -2.52. The minimum Gasteiger partial charge on any atom is -0.466 e. The van der Waals surface area contributed by atoms with Gasteiger partial charge in [0.15, 0.2) is 0 Å². The molecule has 0 spiro atoms. The number of carbonyl (C=O) groups excluding carboxylic acids is 2. The van der Waals surface area contributed by atoms with Crippen LogP contribution in [0.5, 0.6) is 0 Å². The number of fused-ring (bicyclic) bond motifs is 3. The van der Waals surface area contributed by atoms with Gasteiger partial charge in [0.2, 0.25) is 5.91 Å². The lowest BCUT2D eigenvalue weighted by Gasteiger charge is -2.39. The summed E-state index contributed by atoms with van der Waals surface area (Å²) < 4.78 is 64.2. The Morgan fingerprint density at radius 1 is 1.00 bits per heavy atom. The van der Waals surface area contributed by atoms with Gasteiger partial charge in [0, 0.05) is 44.0 Å². The fraction of sp³-hybridized carbons (Fsp3) is 0.558. The highest BCUT2D eigenvalue weighted by atomic mass is 19.4. The normalized spacial score (nSPS) is 19.8. The van der Waals surface area contributed by atoms with Crippen LogP contribution < -0.4 is 10.9 Å². The summed E-state index contributed by atoms with van der Waals surface area (Å²) in [5, 5.41) is 3.04. The molecule has 8 nitrogen and oxygen atoms in total. The summed E-state index contributed by atoms with van der Waals surface area (Å²) in [5.41, 5.74) is 4.30. The Hall–Kier alpha value is -4.03. The minimum atomic E-state index is -4.75. The topological polar surface area (TPSA) is 83.9 Å². The Kier molecular flexibility index (Phi) is 12.3. The van der Waals surface area contributed by atoms with E-state index >= 15 is 0 Å². The first-order valence-electron chi connectivity index (χ1n) is 19.7. The van der Waals surface area contributed by atoms with Gasteiger partial charge in [0.1, 0.15) is 11.9 Å². The van der Waals surface area contributed by atoms with Crippen LogP contribution in [0.25, 0.3) is 11.1 Å². The van der Waals surface area contributed by atoms with E-state index in [2.05, 4.69) is 22.2 Å². The maximum Gasteiger partial charge on any atom is 0.416 e. The SMILES string of the molecule is CCOC(=O)CC(NC(=O)C(CC(C)C)n1cc(CCN2CC3CC[C@@H](C2)N3C)c(C(F)(F)F)cc1=O)c1cc2c(c(-c3c(C)cc(F)cc3C)c1)CCC2. The van der Waals surface area contributed by atoms with E-state index < -0.39 is 41.3 Å². The molecule has 1 aromatic heterocycles. The van der Waals surface area contributed by atoms with Gasteiger partial charge in [-0.15, -0.1) is 0 Å². The Balaban J connectivity index is 1.36. The summed E-state index contributed by atoms with van der Waals surface area (Å²) in [5.74, 6) is -1.55. The number of pyridine rings is 1. The number of hydrogen-bond acceptors (Lipinski definition) is 6. The zero-order chi connectivity index (χ0) is 39.8. The number of nitrogens with one attached hydrogen (secondary N) is 1. The molecular formula is C43H54F4N4O4. The third-order valence-electron chi connectivity index (χ3n) is 11.8. The van der Waals surface area contributed by atoms with Crippen molar-refractivity contribution in [3.05, 3.63) is 91.6 Å². The molecule has 3 aromatic rings. The van der Waals surface area contributed by atoms with Gasteiger partial charge in [-0.25, -0.2) is 4.39 Å². The number of rotatable bonds is 13. The molecule has 298 valence electrons. The summed E-state index contributed by atoms with van der Waals surface area (Å²) in [4.78, 5) is 45.7. The summed E-state index contributed by atoms with van der Waals surface area (Å²) in [6.45, 7) is 11.3. The number of nitrogens with zero attached hydrogens (tertiary/aromatic N) is 3. The Bertz CT molecular complexity index is 1940. The highest BCUT2D eigenvalue weighted by Crippen LogP contribution is 2.40. The molecule has 3 heterocycles. The van der Waals surface area contributed by atoms with Crippen LogP contribution in [0.4, 0.5) is 17.6 Å². The van der Waals surface area contributed by atoms with Gasteiger partial charge < -0.3 is 14.6 Å². The van der Waals surface area contributed by atoms with Crippen molar-refractivity contribution < 1.29 is 31.9 Å². The van der Waals surface area contributed by atoms with Gasteiger partial charge in [0.25, 0.3) is 5.56 Å². The highest BCUT2D eigenvalue weighted by Gasteiger charge is 2.39. The minimum absolute atomic E-state index is 0.0312. The quantitative estimate of drug-likeness (QED) is 0.143. The fourth-order valence-corrected chi connectivity index (χ4v) is 9.15. The van der Waals surface area contributed by atoms with Crippen LogP contribution in [-0.4, -0.2) is 71.6 Å². The first-order valence-corrected chi connectivity index (χ1v) is 19.7. The number of carbonyl (C=O) groups is 2. The molecule has 0 saturated carbocycles. The van der Waals surface area contributed by atoms with E-state index in [1.807, 2.05) is 39.8 Å². The van der Waals surface area contributed by atoms with Crippen molar-refractivity contribution >= 4 is 11.9 Å². The average Bonchev–Trinajstić information content (AvgIpc) is 3.64. The third-order valence-corrected chi connectivity index (χ3v) is 11.8. The molecule has 4 atom stereocenters. The molecular weight excluding hydrogens is 712 g/mol. The van der Waals surface area contributed by atoms with E-state index in [4.69, 9.17) is 4.74 Å². The summed E-state index contributed by atoms with van der Waals surface area (Å²) in [6.07, 6.45) is 1.22. The number of benzene rings is 2. The number of halogens is 4. The zero-order valence-corrected chi connectivity index (χ0v) is 32.8. The Labute approximate surface area is 321 Å². The molecule has 0 radical (unpaired) electrons. The maximum atomic E-state index is 14.5. The Morgan fingerprint density at radius 3 is 2.29 bits per heavy atom. The van der Waals surface area contributed by atoms with E-state index in [0.717, 1.165) is 83.1 Å². The van der Waals surface area contributed by atoms with Gasteiger partial charge in [0.05, 0.1) is 24.6 Å². The molecule has 55 heavy (non-hydrogen) atoms. The van der Waals surface area contributed by atoms with Gasteiger partial charge in [-0.3, -0.25) is 24.2 Å².